The molecule has 1 aromatic carbocycles. The van der Waals surface area contributed by atoms with E-state index in [9.17, 15) is 0 Å². The average Bonchev–Trinajstić information content (AvgIpc) is 2.45. The number of hydrogen-bond acceptors (Lipinski definition) is 3. The number of piperazine rings is 3. The minimum Gasteiger partial charge on any atom is -0.312 e. The second kappa shape index (κ2) is 5.41. The molecule has 0 radical (unpaired) electrons. The van der Waals surface area contributed by atoms with Crippen LogP contribution in [0.1, 0.15) is 17.2 Å². The number of nitrogens with one attached hydrogen (secondary N) is 1. The van der Waals surface area contributed by atoms with E-state index in [4.69, 9.17) is 11.6 Å². The smallest absolute Gasteiger partial charge is 0.0488 e. The van der Waals surface area contributed by atoms with Crippen LogP contribution in [0.2, 0.25) is 5.02 Å². The highest BCUT2D eigenvalue weighted by molar-refractivity contribution is 6.31. The fourth-order valence-corrected chi connectivity index (χ4v) is 3.55. The van der Waals surface area contributed by atoms with Crippen LogP contribution in [0, 0.1) is 6.92 Å². The Balaban J connectivity index is 1.85. The van der Waals surface area contributed by atoms with Crippen LogP contribution in [0.15, 0.2) is 18.2 Å². The van der Waals surface area contributed by atoms with Crippen molar-refractivity contribution in [1.82, 2.24) is 15.1 Å². The third-order valence-electron chi connectivity index (χ3n) is 4.57. The first-order chi connectivity index (χ1) is 9.19. The summed E-state index contributed by atoms with van der Waals surface area (Å²) in [4.78, 5) is 5.19. The zero-order chi connectivity index (χ0) is 13.4. The molecular weight excluding hydrogens is 258 g/mol. The summed E-state index contributed by atoms with van der Waals surface area (Å²) in [6, 6.07) is 7.38. The summed E-state index contributed by atoms with van der Waals surface area (Å²) >= 11 is 6.28. The Hall–Kier alpha value is -0.610. The lowest BCUT2D eigenvalue weighted by Gasteiger charge is -2.50. The van der Waals surface area contributed by atoms with Gasteiger partial charge in [0.25, 0.3) is 0 Å². The fraction of sp³-hybridized carbons (Fsp3) is 0.600. The van der Waals surface area contributed by atoms with Crippen LogP contribution >= 0.6 is 11.6 Å². The van der Waals surface area contributed by atoms with E-state index in [0.717, 1.165) is 17.1 Å². The third kappa shape index (κ3) is 2.52. The Morgan fingerprint density at radius 2 is 2.00 bits per heavy atom. The number of likely N-dealkylation sites (N-methyl/N-ethyl adjacent to an activating group) is 1. The molecule has 1 N–H and O–H groups in total. The molecule has 3 saturated heterocycles. The van der Waals surface area contributed by atoms with Gasteiger partial charge in [0.15, 0.2) is 0 Å². The van der Waals surface area contributed by atoms with E-state index >= 15 is 0 Å². The Bertz CT molecular complexity index is 455. The standard InChI is InChI=1S/C15H22ClN3/c1-11-3-4-12(9-13(11)16)15(17-2)14-10-18-5-7-19(14)8-6-18/h3-4,9,14-15,17H,5-8,10H2,1-2H3. The molecule has 2 atom stereocenters. The monoisotopic (exact) mass is 279 g/mol. The van der Waals surface area contributed by atoms with Gasteiger partial charge in [0.05, 0.1) is 0 Å². The van der Waals surface area contributed by atoms with Gasteiger partial charge in [0.1, 0.15) is 0 Å². The molecule has 104 valence electrons. The summed E-state index contributed by atoms with van der Waals surface area (Å²) in [6.07, 6.45) is 0. The summed E-state index contributed by atoms with van der Waals surface area (Å²) in [5, 5.41) is 4.36. The van der Waals surface area contributed by atoms with Crippen molar-refractivity contribution >= 4 is 11.6 Å². The highest BCUT2D eigenvalue weighted by Gasteiger charge is 2.36. The Morgan fingerprint density at radius 3 is 2.53 bits per heavy atom. The maximum atomic E-state index is 6.28. The van der Waals surface area contributed by atoms with Gasteiger partial charge in [-0.05, 0) is 31.2 Å². The molecule has 4 rings (SSSR count). The largest absolute Gasteiger partial charge is 0.312 e. The lowest BCUT2D eigenvalue weighted by atomic mass is 9.93. The molecule has 3 heterocycles. The van der Waals surface area contributed by atoms with E-state index in [1.54, 1.807) is 0 Å². The summed E-state index contributed by atoms with van der Waals surface area (Å²) < 4.78 is 0. The van der Waals surface area contributed by atoms with E-state index in [1.807, 2.05) is 0 Å². The van der Waals surface area contributed by atoms with Gasteiger partial charge in [-0.1, -0.05) is 23.7 Å². The summed E-state index contributed by atoms with van der Waals surface area (Å²) in [7, 11) is 2.05. The second-order valence-corrected chi connectivity index (χ2v) is 6.09. The zero-order valence-electron chi connectivity index (χ0n) is 11.7. The first-order valence-electron chi connectivity index (χ1n) is 7.09. The molecule has 0 saturated carbocycles. The van der Waals surface area contributed by atoms with E-state index in [1.165, 1.54) is 31.7 Å². The first-order valence-corrected chi connectivity index (χ1v) is 7.46. The van der Waals surface area contributed by atoms with Crippen LogP contribution in [0.3, 0.4) is 0 Å². The van der Waals surface area contributed by atoms with Crippen LogP contribution in [0.25, 0.3) is 0 Å². The number of halogens is 1. The molecule has 0 aliphatic carbocycles. The highest BCUT2D eigenvalue weighted by Crippen LogP contribution is 2.29. The van der Waals surface area contributed by atoms with Gasteiger partial charge in [-0.2, -0.15) is 0 Å². The van der Waals surface area contributed by atoms with E-state index in [0.29, 0.717) is 12.1 Å². The summed E-state index contributed by atoms with van der Waals surface area (Å²) in [6.45, 7) is 8.06. The van der Waals surface area contributed by atoms with Crippen LogP contribution in [0.5, 0.6) is 0 Å². The number of hydrogen-bond donors (Lipinski definition) is 1. The number of aryl methyl sites for hydroxylation is 1. The molecule has 4 heteroatoms. The Kier molecular flexibility index (Phi) is 3.81. The molecule has 2 bridgehead atoms. The number of nitrogens with zero attached hydrogens (tertiary/aromatic N) is 2. The summed E-state index contributed by atoms with van der Waals surface area (Å²) in [5.41, 5.74) is 2.45. The molecule has 0 spiro atoms. The number of benzene rings is 1. The molecule has 2 unspecified atom stereocenters. The molecule has 3 fully saturated rings. The highest BCUT2D eigenvalue weighted by atomic mass is 35.5. The van der Waals surface area contributed by atoms with Gasteiger partial charge in [-0.25, -0.2) is 0 Å². The van der Waals surface area contributed by atoms with Crippen molar-refractivity contribution in [2.24, 2.45) is 0 Å². The van der Waals surface area contributed by atoms with Crippen LogP contribution < -0.4 is 5.32 Å². The van der Waals surface area contributed by atoms with Gasteiger partial charge in [0, 0.05) is 49.8 Å². The maximum Gasteiger partial charge on any atom is 0.0488 e. The zero-order valence-corrected chi connectivity index (χ0v) is 12.5. The van der Waals surface area contributed by atoms with E-state index in [2.05, 4.69) is 47.3 Å². The minimum atomic E-state index is 0.362. The van der Waals surface area contributed by atoms with Crippen molar-refractivity contribution in [3.05, 3.63) is 34.3 Å². The summed E-state index contributed by atoms with van der Waals surface area (Å²) in [5.74, 6) is 0. The van der Waals surface area contributed by atoms with Gasteiger partial charge in [0.2, 0.25) is 0 Å². The van der Waals surface area contributed by atoms with E-state index in [-0.39, 0.29) is 0 Å². The van der Waals surface area contributed by atoms with Gasteiger partial charge in [-0.15, -0.1) is 0 Å². The van der Waals surface area contributed by atoms with Crippen molar-refractivity contribution < 1.29 is 0 Å². The molecule has 1 aromatic rings. The van der Waals surface area contributed by atoms with Gasteiger partial charge in [-0.3, -0.25) is 9.80 Å². The van der Waals surface area contributed by atoms with Crippen molar-refractivity contribution in [2.45, 2.75) is 19.0 Å². The SMILES string of the molecule is CNC(c1ccc(C)c(Cl)c1)C1CN2CCN1CC2. The normalized spacial score (nSPS) is 31.4. The van der Waals surface area contributed by atoms with Crippen molar-refractivity contribution in [2.75, 3.05) is 39.8 Å². The molecule has 3 nitrogen and oxygen atoms in total. The fourth-order valence-electron chi connectivity index (χ4n) is 3.36. The van der Waals surface area contributed by atoms with Crippen LogP contribution in [-0.4, -0.2) is 55.6 Å². The van der Waals surface area contributed by atoms with Crippen molar-refractivity contribution in [3.8, 4) is 0 Å². The first kappa shape index (κ1) is 13.4. The predicted molar refractivity (Wildman–Crippen MR) is 79.8 cm³/mol. The third-order valence-corrected chi connectivity index (χ3v) is 4.98. The lowest BCUT2D eigenvalue weighted by Crippen LogP contribution is -2.63. The predicted octanol–water partition coefficient (Wildman–Crippen LogP) is 1.91. The van der Waals surface area contributed by atoms with Gasteiger partial charge < -0.3 is 5.32 Å². The number of fused-ring (bicyclic) bond motifs is 3. The molecule has 3 aliphatic heterocycles. The number of rotatable bonds is 3. The molecular formula is C15H22ClN3. The Morgan fingerprint density at radius 1 is 1.26 bits per heavy atom. The molecule has 0 amide bonds. The molecule has 0 aromatic heterocycles. The molecule has 19 heavy (non-hydrogen) atoms. The minimum absolute atomic E-state index is 0.362. The topological polar surface area (TPSA) is 18.5 Å². The Labute approximate surface area is 120 Å². The van der Waals surface area contributed by atoms with Gasteiger partial charge >= 0.3 is 0 Å². The van der Waals surface area contributed by atoms with Crippen LogP contribution in [-0.2, 0) is 0 Å². The lowest BCUT2D eigenvalue weighted by molar-refractivity contribution is -0.00254. The second-order valence-electron chi connectivity index (χ2n) is 5.68. The van der Waals surface area contributed by atoms with Crippen molar-refractivity contribution in [3.63, 3.8) is 0 Å². The van der Waals surface area contributed by atoms with E-state index < -0.39 is 0 Å². The van der Waals surface area contributed by atoms with Crippen molar-refractivity contribution in [1.29, 1.82) is 0 Å². The maximum absolute atomic E-state index is 6.28. The average molecular weight is 280 g/mol. The molecule has 3 aliphatic rings. The quantitative estimate of drug-likeness (QED) is 0.912. The van der Waals surface area contributed by atoms with Crippen LogP contribution in [0.4, 0.5) is 0 Å².